The predicted molar refractivity (Wildman–Crippen MR) is 134 cm³/mol. The molecule has 0 saturated heterocycles. The van der Waals surface area contributed by atoms with E-state index in [2.05, 4.69) is 20.4 Å². The van der Waals surface area contributed by atoms with Crippen LogP contribution in [0.4, 0.5) is 5.69 Å². The third kappa shape index (κ3) is 4.72. The van der Waals surface area contributed by atoms with Crippen molar-refractivity contribution in [3.05, 3.63) is 90.4 Å². The van der Waals surface area contributed by atoms with Gasteiger partial charge in [-0.3, -0.25) is 4.79 Å². The van der Waals surface area contributed by atoms with E-state index in [0.29, 0.717) is 46.7 Å². The van der Waals surface area contributed by atoms with Crippen molar-refractivity contribution in [2.75, 3.05) is 19.2 Å². The van der Waals surface area contributed by atoms with Gasteiger partial charge in [-0.1, -0.05) is 17.3 Å². The number of carbonyl (C=O) groups excluding carboxylic acids is 1. The summed E-state index contributed by atoms with van der Waals surface area (Å²) in [6, 6.07) is 20.1. The van der Waals surface area contributed by atoms with Crippen LogP contribution in [0.2, 0.25) is 0 Å². The summed E-state index contributed by atoms with van der Waals surface area (Å²) >= 11 is 0. The fourth-order valence-corrected chi connectivity index (χ4v) is 3.89. The molecule has 37 heavy (non-hydrogen) atoms. The Bertz CT molecular complexity index is 1560. The highest BCUT2D eigenvalue weighted by Gasteiger charge is 2.17. The van der Waals surface area contributed by atoms with Gasteiger partial charge in [0.05, 0.1) is 13.4 Å². The van der Waals surface area contributed by atoms with Gasteiger partial charge in [0.2, 0.25) is 12.6 Å². The number of hydrogen-bond acceptors (Lipinski definition) is 8. The highest BCUT2D eigenvalue weighted by Crippen LogP contribution is 2.32. The van der Waals surface area contributed by atoms with Crippen molar-refractivity contribution in [2.45, 2.75) is 6.54 Å². The number of nitrogens with one attached hydrogen (secondary N) is 1. The first kappa shape index (κ1) is 22.4. The van der Waals surface area contributed by atoms with E-state index in [1.165, 1.54) is 0 Å². The highest BCUT2D eigenvalue weighted by molar-refractivity contribution is 6.04. The highest BCUT2D eigenvalue weighted by atomic mass is 16.7. The summed E-state index contributed by atoms with van der Waals surface area (Å²) < 4.78 is 23.2. The second-order valence-corrected chi connectivity index (χ2v) is 8.30. The Morgan fingerprint density at radius 3 is 2.65 bits per heavy atom. The summed E-state index contributed by atoms with van der Waals surface area (Å²) in [6.07, 6.45) is 3.56. The van der Waals surface area contributed by atoms with Crippen molar-refractivity contribution in [2.24, 2.45) is 0 Å². The van der Waals surface area contributed by atoms with Gasteiger partial charge in [-0.2, -0.15) is 4.98 Å². The number of methoxy groups -OCH3 is 1. The molecule has 3 aromatic carbocycles. The number of nitrogens with zero attached hydrogens (tertiary/aromatic N) is 4. The molecule has 0 aliphatic carbocycles. The summed E-state index contributed by atoms with van der Waals surface area (Å²) in [7, 11) is 1.62. The molecule has 0 saturated carbocycles. The quantitative estimate of drug-likeness (QED) is 0.347. The first-order chi connectivity index (χ1) is 18.1. The monoisotopic (exact) mass is 495 g/mol. The fraction of sp³-hybridized carbons (Fsp3) is 0.111. The SMILES string of the molecule is COc1ccc(-c2noc(-c3cn(Cc4ccc(NC(=O)c5ccc6c(c5)OCO6)cc4)cn3)n2)cc1. The van der Waals surface area contributed by atoms with Crippen LogP contribution in [0.3, 0.4) is 0 Å². The Kier molecular flexibility index (Phi) is 5.74. The van der Waals surface area contributed by atoms with Crippen molar-refractivity contribution >= 4 is 11.6 Å². The zero-order chi connectivity index (χ0) is 25.2. The van der Waals surface area contributed by atoms with Gasteiger partial charge in [0.25, 0.3) is 11.8 Å². The molecule has 0 spiro atoms. The number of benzene rings is 3. The maximum Gasteiger partial charge on any atom is 0.278 e. The summed E-state index contributed by atoms with van der Waals surface area (Å²) in [5.74, 6) is 2.56. The van der Waals surface area contributed by atoms with Crippen LogP contribution in [-0.2, 0) is 6.54 Å². The van der Waals surface area contributed by atoms with Crippen LogP contribution in [-0.4, -0.2) is 39.5 Å². The van der Waals surface area contributed by atoms with Crippen molar-refractivity contribution in [1.29, 1.82) is 0 Å². The smallest absolute Gasteiger partial charge is 0.278 e. The largest absolute Gasteiger partial charge is 0.497 e. The number of aromatic nitrogens is 4. The van der Waals surface area contributed by atoms with E-state index in [0.717, 1.165) is 16.9 Å². The van der Waals surface area contributed by atoms with Crippen LogP contribution in [0, 0.1) is 0 Å². The van der Waals surface area contributed by atoms with Crippen molar-refractivity contribution in [3.63, 3.8) is 0 Å². The molecule has 10 nitrogen and oxygen atoms in total. The standard InChI is InChI=1S/C27H21N5O5/c1-34-21-9-4-18(5-10-21)25-30-27(37-31-25)22-14-32(15-28-22)13-17-2-7-20(8-3-17)29-26(33)19-6-11-23-24(12-19)36-16-35-23/h2-12,14-15H,13,16H2,1H3,(H,29,33). The van der Waals surface area contributed by atoms with Gasteiger partial charge in [0, 0.05) is 29.6 Å². The lowest BCUT2D eigenvalue weighted by Gasteiger charge is -2.08. The molecule has 1 amide bonds. The first-order valence-corrected chi connectivity index (χ1v) is 11.4. The minimum absolute atomic E-state index is 0.167. The van der Waals surface area contributed by atoms with E-state index in [-0.39, 0.29) is 12.7 Å². The molecule has 0 fully saturated rings. The normalized spacial score (nSPS) is 11.9. The van der Waals surface area contributed by atoms with Gasteiger partial charge in [-0.05, 0) is 60.2 Å². The maximum atomic E-state index is 12.6. The van der Waals surface area contributed by atoms with Crippen molar-refractivity contribution in [3.8, 4) is 40.2 Å². The number of fused-ring (bicyclic) bond motifs is 1. The lowest BCUT2D eigenvalue weighted by atomic mass is 10.1. The third-order valence-electron chi connectivity index (χ3n) is 5.84. The Hall–Kier alpha value is -5.12. The molecule has 0 unspecified atom stereocenters. The molecule has 5 aromatic rings. The summed E-state index contributed by atoms with van der Waals surface area (Å²) in [4.78, 5) is 21.5. The fourth-order valence-electron chi connectivity index (χ4n) is 3.89. The average molecular weight is 495 g/mol. The van der Waals surface area contributed by atoms with E-state index in [9.17, 15) is 4.79 Å². The number of hydrogen-bond donors (Lipinski definition) is 1. The molecule has 0 atom stereocenters. The molecule has 0 bridgehead atoms. The lowest BCUT2D eigenvalue weighted by Crippen LogP contribution is -2.11. The van der Waals surface area contributed by atoms with Crippen LogP contribution in [0.5, 0.6) is 17.2 Å². The summed E-state index contributed by atoms with van der Waals surface area (Å²) in [5.41, 5.74) is 3.63. The van der Waals surface area contributed by atoms with Crippen LogP contribution < -0.4 is 19.5 Å². The summed E-state index contributed by atoms with van der Waals surface area (Å²) in [6.45, 7) is 0.753. The minimum atomic E-state index is -0.223. The number of amides is 1. The van der Waals surface area contributed by atoms with Gasteiger partial charge < -0.3 is 28.6 Å². The molecule has 6 rings (SSSR count). The Morgan fingerprint density at radius 2 is 1.84 bits per heavy atom. The van der Waals surface area contributed by atoms with Gasteiger partial charge in [0.15, 0.2) is 11.5 Å². The molecular formula is C27H21N5O5. The predicted octanol–water partition coefficient (Wildman–Crippen LogP) is 4.64. The molecular weight excluding hydrogens is 474 g/mol. The molecule has 184 valence electrons. The van der Waals surface area contributed by atoms with E-state index in [4.69, 9.17) is 18.7 Å². The minimum Gasteiger partial charge on any atom is -0.497 e. The number of rotatable bonds is 7. The maximum absolute atomic E-state index is 12.6. The zero-order valence-electron chi connectivity index (χ0n) is 19.7. The van der Waals surface area contributed by atoms with Gasteiger partial charge in [0.1, 0.15) is 11.4 Å². The Balaban J connectivity index is 1.09. The Morgan fingerprint density at radius 1 is 1.03 bits per heavy atom. The lowest BCUT2D eigenvalue weighted by molar-refractivity contribution is 0.102. The van der Waals surface area contributed by atoms with E-state index < -0.39 is 0 Å². The zero-order valence-corrected chi connectivity index (χ0v) is 19.7. The molecule has 1 aliphatic rings. The van der Waals surface area contributed by atoms with Crippen LogP contribution >= 0.6 is 0 Å². The molecule has 10 heteroatoms. The summed E-state index contributed by atoms with van der Waals surface area (Å²) in [5, 5.41) is 6.96. The van der Waals surface area contributed by atoms with Crippen LogP contribution in [0.25, 0.3) is 23.0 Å². The molecule has 1 N–H and O–H groups in total. The number of imidazole rings is 1. The second-order valence-electron chi connectivity index (χ2n) is 8.30. The topological polar surface area (TPSA) is 114 Å². The first-order valence-electron chi connectivity index (χ1n) is 11.4. The van der Waals surface area contributed by atoms with Crippen LogP contribution in [0.15, 0.2) is 83.8 Å². The van der Waals surface area contributed by atoms with E-state index in [1.807, 2.05) is 59.3 Å². The van der Waals surface area contributed by atoms with Crippen LogP contribution in [0.1, 0.15) is 15.9 Å². The van der Waals surface area contributed by atoms with Gasteiger partial charge in [-0.15, -0.1) is 0 Å². The van der Waals surface area contributed by atoms with Crippen molar-refractivity contribution in [1.82, 2.24) is 19.7 Å². The molecule has 1 aliphatic heterocycles. The number of anilines is 1. The number of ether oxygens (including phenoxy) is 3. The molecule has 0 radical (unpaired) electrons. The molecule has 2 aromatic heterocycles. The van der Waals surface area contributed by atoms with E-state index in [1.54, 1.807) is 31.6 Å². The van der Waals surface area contributed by atoms with Gasteiger partial charge in [-0.25, -0.2) is 4.98 Å². The second kappa shape index (κ2) is 9.50. The van der Waals surface area contributed by atoms with E-state index >= 15 is 0 Å². The molecule has 3 heterocycles. The van der Waals surface area contributed by atoms with Gasteiger partial charge >= 0.3 is 0 Å². The third-order valence-corrected chi connectivity index (χ3v) is 5.84. The number of carbonyl (C=O) groups is 1. The van der Waals surface area contributed by atoms with Crippen molar-refractivity contribution < 1.29 is 23.5 Å². The average Bonchev–Trinajstić information content (AvgIpc) is 3.70. The Labute approximate surface area is 211 Å².